The van der Waals surface area contributed by atoms with Gasteiger partial charge in [-0.25, -0.2) is 13.8 Å². The second-order valence-electron chi connectivity index (χ2n) is 8.09. The number of rotatable bonds is 9. The fourth-order valence-corrected chi connectivity index (χ4v) is 4.76. The van der Waals surface area contributed by atoms with Crippen LogP contribution in [0, 0.1) is 6.92 Å². The summed E-state index contributed by atoms with van der Waals surface area (Å²) in [6.07, 6.45) is 1.48. The average molecular weight is 480 g/mol. The first kappa shape index (κ1) is 25.0. The van der Waals surface area contributed by atoms with E-state index in [1.165, 1.54) is 18.3 Å². The third-order valence-corrected chi connectivity index (χ3v) is 7.09. The standard InChI is InChI=1S/C26H29N3O4S/c1-19(2)22-12-14-23(15-13-22)29(34(31,32)24-8-6-5-7-9-24)18-26(30)28-27-17-21-11-10-20(3)25(16-21)33-4/h5-17,19H,18H2,1-4H3,(H,28,30). The molecule has 0 saturated heterocycles. The molecular weight excluding hydrogens is 450 g/mol. The Labute approximate surface area is 201 Å². The summed E-state index contributed by atoms with van der Waals surface area (Å²) in [6, 6.07) is 20.7. The van der Waals surface area contributed by atoms with Gasteiger partial charge >= 0.3 is 0 Å². The first-order valence-electron chi connectivity index (χ1n) is 10.9. The lowest BCUT2D eigenvalue weighted by molar-refractivity contribution is -0.119. The number of hydrogen-bond donors (Lipinski definition) is 1. The van der Waals surface area contributed by atoms with E-state index in [4.69, 9.17) is 4.74 Å². The van der Waals surface area contributed by atoms with Crippen LogP contribution >= 0.6 is 0 Å². The van der Waals surface area contributed by atoms with Crippen LogP contribution < -0.4 is 14.5 Å². The van der Waals surface area contributed by atoms with Gasteiger partial charge in [-0.1, -0.05) is 56.3 Å². The largest absolute Gasteiger partial charge is 0.496 e. The number of nitrogens with zero attached hydrogens (tertiary/aromatic N) is 2. The third-order valence-electron chi connectivity index (χ3n) is 5.30. The maximum atomic E-state index is 13.4. The second-order valence-corrected chi connectivity index (χ2v) is 9.96. The van der Waals surface area contributed by atoms with Crippen molar-refractivity contribution in [3.63, 3.8) is 0 Å². The van der Waals surface area contributed by atoms with E-state index in [1.807, 2.05) is 31.2 Å². The molecule has 0 aliphatic carbocycles. The van der Waals surface area contributed by atoms with Gasteiger partial charge in [-0.2, -0.15) is 5.10 Å². The Kier molecular flexibility index (Phi) is 8.07. The van der Waals surface area contributed by atoms with Crippen LogP contribution in [-0.2, 0) is 14.8 Å². The fourth-order valence-electron chi connectivity index (χ4n) is 3.32. The zero-order chi connectivity index (χ0) is 24.7. The molecule has 34 heavy (non-hydrogen) atoms. The van der Waals surface area contributed by atoms with E-state index < -0.39 is 22.5 Å². The van der Waals surface area contributed by atoms with Crippen LogP contribution in [0.3, 0.4) is 0 Å². The Bertz CT molecular complexity index is 1250. The molecule has 3 rings (SSSR count). The van der Waals surface area contributed by atoms with Gasteiger partial charge in [0, 0.05) is 0 Å². The molecule has 0 radical (unpaired) electrons. The zero-order valence-corrected chi connectivity index (χ0v) is 20.5. The van der Waals surface area contributed by atoms with Crippen molar-refractivity contribution in [3.8, 4) is 5.75 Å². The van der Waals surface area contributed by atoms with E-state index in [0.29, 0.717) is 17.4 Å². The van der Waals surface area contributed by atoms with E-state index in [-0.39, 0.29) is 4.90 Å². The summed E-state index contributed by atoms with van der Waals surface area (Å²) in [5.41, 5.74) is 5.61. The van der Waals surface area contributed by atoms with Gasteiger partial charge in [-0.3, -0.25) is 9.10 Å². The molecule has 0 atom stereocenters. The number of hydrogen-bond acceptors (Lipinski definition) is 5. The number of carbonyl (C=O) groups excluding carboxylic acids is 1. The van der Waals surface area contributed by atoms with E-state index in [2.05, 4.69) is 24.4 Å². The first-order valence-corrected chi connectivity index (χ1v) is 12.3. The lowest BCUT2D eigenvalue weighted by Gasteiger charge is -2.24. The Morgan fingerprint density at radius 1 is 1.06 bits per heavy atom. The summed E-state index contributed by atoms with van der Waals surface area (Å²) in [4.78, 5) is 12.8. The third kappa shape index (κ3) is 6.02. The zero-order valence-electron chi connectivity index (χ0n) is 19.7. The molecule has 7 nitrogen and oxygen atoms in total. The summed E-state index contributed by atoms with van der Waals surface area (Å²) in [6.45, 7) is 5.62. The molecular formula is C26H29N3O4S. The van der Waals surface area contributed by atoms with Gasteiger partial charge in [0.05, 0.1) is 23.9 Å². The fraction of sp³-hybridized carbons (Fsp3) is 0.231. The van der Waals surface area contributed by atoms with Gasteiger partial charge in [0.15, 0.2) is 0 Å². The highest BCUT2D eigenvalue weighted by Gasteiger charge is 2.27. The minimum atomic E-state index is -3.97. The van der Waals surface area contributed by atoms with Gasteiger partial charge in [-0.05, 0) is 59.9 Å². The average Bonchev–Trinajstić information content (AvgIpc) is 2.84. The molecule has 0 aromatic heterocycles. The molecule has 178 valence electrons. The molecule has 3 aromatic rings. The van der Waals surface area contributed by atoms with Crippen LogP contribution in [0.15, 0.2) is 82.8 Å². The lowest BCUT2D eigenvalue weighted by atomic mass is 10.0. The maximum Gasteiger partial charge on any atom is 0.264 e. The minimum Gasteiger partial charge on any atom is -0.496 e. The van der Waals surface area contributed by atoms with Crippen molar-refractivity contribution in [2.45, 2.75) is 31.6 Å². The number of nitrogens with one attached hydrogen (secondary N) is 1. The molecule has 0 fully saturated rings. The quantitative estimate of drug-likeness (QED) is 0.362. The van der Waals surface area contributed by atoms with Crippen LogP contribution in [0.25, 0.3) is 0 Å². The van der Waals surface area contributed by atoms with Crippen molar-refractivity contribution in [2.75, 3.05) is 18.0 Å². The lowest BCUT2D eigenvalue weighted by Crippen LogP contribution is -2.39. The molecule has 0 aliphatic rings. The summed E-state index contributed by atoms with van der Waals surface area (Å²) in [5, 5.41) is 3.98. The predicted molar refractivity (Wildman–Crippen MR) is 135 cm³/mol. The summed E-state index contributed by atoms with van der Waals surface area (Å²) >= 11 is 0. The van der Waals surface area contributed by atoms with E-state index in [0.717, 1.165) is 21.0 Å². The topological polar surface area (TPSA) is 88.1 Å². The highest BCUT2D eigenvalue weighted by atomic mass is 32.2. The van der Waals surface area contributed by atoms with Gasteiger partial charge in [0.1, 0.15) is 12.3 Å². The van der Waals surface area contributed by atoms with Gasteiger partial charge in [0.2, 0.25) is 0 Å². The molecule has 0 aliphatic heterocycles. The van der Waals surface area contributed by atoms with Crippen molar-refractivity contribution >= 4 is 27.8 Å². The van der Waals surface area contributed by atoms with Crippen molar-refractivity contribution in [1.29, 1.82) is 0 Å². The summed E-state index contributed by atoms with van der Waals surface area (Å²) < 4.78 is 33.1. The molecule has 3 aromatic carbocycles. The highest BCUT2D eigenvalue weighted by molar-refractivity contribution is 7.92. The second kappa shape index (κ2) is 11.0. The van der Waals surface area contributed by atoms with Crippen LogP contribution in [0.2, 0.25) is 0 Å². The highest BCUT2D eigenvalue weighted by Crippen LogP contribution is 2.25. The Morgan fingerprint density at radius 3 is 2.35 bits per heavy atom. The summed E-state index contributed by atoms with van der Waals surface area (Å²) in [5.74, 6) is 0.439. The molecule has 1 N–H and O–H groups in total. The van der Waals surface area contributed by atoms with Crippen LogP contribution in [0.1, 0.15) is 36.5 Å². The van der Waals surface area contributed by atoms with Gasteiger partial charge in [0.25, 0.3) is 15.9 Å². The van der Waals surface area contributed by atoms with Gasteiger partial charge in [-0.15, -0.1) is 0 Å². The predicted octanol–water partition coefficient (Wildman–Crippen LogP) is 4.47. The van der Waals surface area contributed by atoms with Crippen molar-refractivity contribution < 1.29 is 17.9 Å². The number of methoxy groups -OCH3 is 1. The van der Waals surface area contributed by atoms with Crippen LogP contribution in [-0.4, -0.2) is 34.2 Å². The number of benzene rings is 3. The first-order chi connectivity index (χ1) is 16.2. The smallest absolute Gasteiger partial charge is 0.264 e. The number of anilines is 1. The molecule has 0 saturated carbocycles. The van der Waals surface area contributed by atoms with E-state index >= 15 is 0 Å². The normalized spacial score (nSPS) is 11.6. The molecule has 8 heteroatoms. The number of sulfonamides is 1. The minimum absolute atomic E-state index is 0.103. The molecule has 0 unspecified atom stereocenters. The Balaban J connectivity index is 1.83. The molecule has 1 amide bonds. The van der Waals surface area contributed by atoms with Crippen molar-refractivity contribution in [2.24, 2.45) is 5.10 Å². The van der Waals surface area contributed by atoms with E-state index in [9.17, 15) is 13.2 Å². The van der Waals surface area contributed by atoms with Gasteiger partial charge < -0.3 is 4.74 Å². The number of amides is 1. The monoisotopic (exact) mass is 479 g/mol. The number of aryl methyl sites for hydroxylation is 1. The van der Waals surface area contributed by atoms with E-state index in [1.54, 1.807) is 43.5 Å². The Hall–Kier alpha value is -3.65. The Morgan fingerprint density at radius 2 is 1.74 bits per heavy atom. The molecule has 0 heterocycles. The van der Waals surface area contributed by atoms with Crippen molar-refractivity contribution in [1.82, 2.24) is 5.43 Å². The SMILES string of the molecule is COc1cc(C=NNC(=O)CN(c2ccc(C(C)C)cc2)S(=O)(=O)c2ccccc2)ccc1C. The van der Waals surface area contributed by atoms with Crippen LogP contribution in [0.4, 0.5) is 5.69 Å². The van der Waals surface area contributed by atoms with Crippen molar-refractivity contribution in [3.05, 3.63) is 89.5 Å². The van der Waals surface area contributed by atoms with Crippen LogP contribution in [0.5, 0.6) is 5.75 Å². The number of hydrazone groups is 1. The molecule has 0 spiro atoms. The summed E-state index contributed by atoms with van der Waals surface area (Å²) in [7, 11) is -2.39. The molecule has 0 bridgehead atoms. The number of carbonyl (C=O) groups is 1. The number of ether oxygens (including phenoxy) is 1. The maximum absolute atomic E-state index is 13.4.